The van der Waals surface area contributed by atoms with Gasteiger partial charge in [-0.1, -0.05) is 127 Å². The lowest BCUT2D eigenvalue weighted by Gasteiger charge is -2.16. The smallest absolute Gasteiger partial charge is 0.238 e. The van der Waals surface area contributed by atoms with E-state index in [4.69, 9.17) is 21.5 Å². The maximum atomic E-state index is 8.12. The fraction of sp³-hybridized carbons (Fsp3) is 0. The van der Waals surface area contributed by atoms with E-state index in [2.05, 4.69) is 146 Å². The normalized spacial score (nSPS) is 11.7. The molecule has 0 spiro atoms. The summed E-state index contributed by atoms with van der Waals surface area (Å²) in [5.74, 6) is 1.52. The first-order valence-corrected chi connectivity index (χ1v) is 19.6. The van der Waals surface area contributed by atoms with E-state index in [0.717, 1.165) is 77.1 Å². The second-order valence-electron chi connectivity index (χ2n) is 14.7. The van der Waals surface area contributed by atoms with E-state index in [1.54, 1.807) is 0 Å². The molecule has 0 N–H and O–H groups in total. The Morgan fingerprint density at radius 1 is 0.390 bits per heavy atom. The maximum absolute atomic E-state index is 8.12. The molecule has 12 rings (SSSR count). The molecule has 0 unspecified atom stereocenters. The van der Waals surface area contributed by atoms with Crippen LogP contribution in [0.1, 0.15) is 0 Å². The zero-order chi connectivity index (χ0) is 39.0. The molecule has 0 saturated heterocycles. The van der Waals surface area contributed by atoms with Gasteiger partial charge >= 0.3 is 0 Å². The van der Waals surface area contributed by atoms with E-state index in [9.17, 15) is 0 Å². The zero-order valence-corrected chi connectivity index (χ0v) is 31.5. The lowest BCUT2D eigenvalue weighted by atomic mass is 10.1. The van der Waals surface area contributed by atoms with Crippen LogP contribution in [0.5, 0.6) is 0 Å². The van der Waals surface area contributed by atoms with Crippen LogP contribution in [0.3, 0.4) is 0 Å². The molecule has 0 saturated carbocycles. The van der Waals surface area contributed by atoms with E-state index in [-0.39, 0.29) is 0 Å². The Balaban J connectivity index is 1.18. The first-order valence-electron chi connectivity index (χ1n) is 19.6. The van der Waals surface area contributed by atoms with Crippen LogP contribution < -0.4 is 0 Å². The van der Waals surface area contributed by atoms with E-state index < -0.39 is 0 Å². The van der Waals surface area contributed by atoms with Gasteiger partial charge < -0.3 is 9.13 Å². The summed E-state index contributed by atoms with van der Waals surface area (Å²) in [5.41, 5.74) is 10.5. The number of hydrogen-bond acceptors (Lipinski definition) is 3. The zero-order valence-electron chi connectivity index (χ0n) is 31.5. The van der Waals surface area contributed by atoms with Gasteiger partial charge in [0.05, 0.1) is 45.4 Å². The van der Waals surface area contributed by atoms with Crippen molar-refractivity contribution in [2.75, 3.05) is 0 Å². The predicted octanol–water partition coefficient (Wildman–Crippen LogP) is 13.0. The molecule has 0 radical (unpaired) electrons. The molecule has 0 aliphatic rings. The minimum Gasteiger partial charge on any atom is -0.309 e. The molecule has 0 aliphatic heterocycles. The van der Waals surface area contributed by atoms with Crippen LogP contribution in [0.15, 0.2) is 188 Å². The summed E-state index contributed by atoms with van der Waals surface area (Å²) in [4.78, 5) is 19.6. The van der Waals surface area contributed by atoms with Crippen molar-refractivity contribution >= 4 is 71.1 Å². The summed E-state index contributed by atoms with van der Waals surface area (Å²) in [6.45, 7) is 8.12. The van der Waals surface area contributed by atoms with Gasteiger partial charge in [-0.05, 0) is 60.7 Å². The predicted molar refractivity (Wildman–Crippen MR) is 240 cm³/mol. The minimum atomic E-state index is 0.476. The summed E-state index contributed by atoms with van der Waals surface area (Å²) in [5, 5.41) is 6.91. The molecule has 0 amide bonds. The van der Waals surface area contributed by atoms with Crippen LogP contribution in [0, 0.1) is 6.57 Å². The van der Waals surface area contributed by atoms with Crippen LogP contribution in [0.2, 0.25) is 0 Å². The van der Waals surface area contributed by atoms with Gasteiger partial charge in [0, 0.05) is 49.1 Å². The van der Waals surface area contributed by atoms with Crippen molar-refractivity contribution in [2.24, 2.45) is 0 Å². The van der Waals surface area contributed by atoms with E-state index in [1.807, 2.05) is 60.7 Å². The third kappa shape index (κ3) is 4.90. The van der Waals surface area contributed by atoms with Gasteiger partial charge in [0.15, 0.2) is 17.3 Å². The van der Waals surface area contributed by atoms with Gasteiger partial charge in [-0.15, -0.1) is 0 Å². The average molecular weight is 754 g/mol. The van der Waals surface area contributed by atoms with Crippen molar-refractivity contribution in [1.29, 1.82) is 0 Å². The van der Waals surface area contributed by atoms with Crippen LogP contribution in [-0.4, -0.2) is 28.7 Å². The lowest BCUT2D eigenvalue weighted by molar-refractivity contribution is 0.952. The standard InChI is InChI=1S/C52H31N7/c1-53-34-28-29-45(58-44-27-15-11-23-39(44)49-47(58)31-30-46-48(49)38-22-10-14-26-43(38)57(46)35-18-6-3-7-19-35)40(32-34)51-54-50(33-16-4-2-5-17-33)55-52(56-51)59-41-24-12-8-20-36(41)37-21-9-13-25-42(37)59/h2-32H. The second-order valence-corrected chi connectivity index (χ2v) is 14.7. The summed E-state index contributed by atoms with van der Waals surface area (Å²) in [7, 11) is 0. The largest absolute Gasteiger partial charge is 0.309 e. The Morgan fingerprint density at radius 3 is 1.49 bits per heavy atom. The molecule has 4 aromatic heterocycles. The SMILES string of the molecule is [C-]#[N+]c1ccc(-n2c3ccccc3c3c4c5ccccc5n(-c5ccccc5)c4ccc32)c(-c2nc(-c3ccccc3)nc(-n3c4ccccc4c4ccccc43)n2)c1. The topological polar surface area (TPSA) is 57.8 Å². The Kier molecular flexibility index (Phi) is 7.16. The molecular formula is C52H31N7. The summed E-state index contributed by atoms with van der Waals surface area (Å²) < 4.78 is 6.80. The molecule has 7 heteroatoms. The van der Waals surface area contributed by atoms with Gasteiger partial charge in [-0.25, -0.2) is 9.83 Å². The van der Waals surface area contributed by atoms with Crippen LogP contribution in [0.4, 0.5) is 5.69 Å². The Bertz CT molecular complexity index is 3630. The number of nitrogens with zero attached hydrogens (tertiary/aromatic N) is 7. The number of para-hydroxylation sites is 5. The highest BCUT2D eigenvalue weighted by Crippen LogP contribution is 2.44. The van der Waals surface area contributed by atoms with Crippen molar-refractivity contribution in [3.63, 3.8) is 0 Å². The molecule has 59 heavy (non-hydrogen) atoms. The number of fused-ring (bicyclic) bond motifs is 10. The van der Waals surface area contributed by atoms with Crippen LogP contribution in [-0.2, 0) is 0 Å². The van der Waals surface area contributed by atoms with Crippen molar-refractivity contribution < 1.29 is 0 Å². The highest BCUT2D eigenvalue weighted by Gasteiger charge is 2.24. The second kappa shape index (κ2) is 12.8. The lowest BCUT2D eigenvalue weighted by Crippen LogP contribution is -2.07. The molecule has 7 nitrogen and oxygen atoms in total. The highest BCUT2D eigenvalue weighted by molar-refractivity contribution is 6.29. The van der Waals surface area contributed by atoms with E-state index in [0.29, 0.717) is 23.3 Å². The van der Waals surface area contributed by atoms with Gasteiger partial charge in [0.25, 0.3) is 0 Å². The number of rotatable bonds is 5. The molecule has 0 atom stereocenters. The third-order valence-electron chi connectivity index (χ3n) is 11.5. The number of hydrogen-bond donors (Lipinski definition) is 0. The molecule has 0 bridgehead atoms. The third-order valence-corrected chi connectivity index (χ3v) is 11.5. The number of aromatic nitrogens is 6. The van der Waals surface area contributed by atoms with E-state index in [1.165, 1.54) is 10.8 Å². The summed E-state index contributed by atoms with van der Waals surface area (Å²) >= 11 is 0. The van der Waals surface area contributed by atoms with Gasteiger partial charge in [-0.3, -0.25) is 4.57 Å². The Hall–Kier alpha value is -8.34. The average Bonchev–Trinajstić information content (AvgIpc) is 3.95. The molecule has 8 aromatic carbocycles. The molecule has 4 heterocycles. The molecule has 12 aromatic rings. The molecule has 0 aliphatic carbocycles. The van der Waals surface area contributed by atoms with Gasteiger partial charge in [-0.2, -0.15) is 9.97 Å². The van der Waals surface area contributed by atoms with Crippen molar-refractivity contribution in [2.45, 2.75) is 0 Å². The Labute approximate surface area is 338 Å². The van der Waals surface area contributed by atoms with Gasteiger partial charge in [0.1, 0.15) is 0 Å². The minimum absolute atomic E-state index is 0.476. The quantitative estimate of drug-likeness (QED) is 0.164. The van der Waals surface area contributed by atoms with Gasteiger partial charge in [0.2, 0.25) is 5.95 Å². The monoisotopic (exact) mass is 753 g/mol. The Morgan fingerprint density at radius 2 is 0.881 bits per heavy atom. The first-order chi connectivity index (χ1) is 29.2. The van der Waals surface area contributed by atoms with E-state index >= 15 is 0 Å². The summed E-state index contributed by atoms with van der Waals surface area (Å²) in [6, 6.07) is 64.9. The fourth-order valence-electron chi connectivity index (χ4n) is 9.04. The molecule has 274 valence electrons. The number of benzene rings is 8. The maximum Gasteiger partial charge on any atom is 0.238 e. The summed E-state index contributed by atoms with van der Waals surface area (Å²) in [6.07, 6.45) is 0. The molecular weight excluding hydrogens is 723 g/mol. The van der Waals surface area contributed by atoms with Crippen molar-refractivity contribution in [3.8, 4) is 40.1 Å². The van der Waals surface area contributed by atoms with Crippen LogP contribution in [0.25, 0.3) is 110 Å². The van der Waals surface area contributed by atoms with Crippen molar-refractivity contribution in [3.05, 3.63) is 199 Å². The first kappa shape index (κ1) is 32.9. The highest BCUT2D eigenvalue weighted by atomic mass is 15.2. The molecule has 0 fully saturated rings. The van der Waals surface area contributed by atoms with Crippen LogP contribution >= 0.6 is 0 Å². The fourth-order valence-corrected chi connectivity index (χ4v) is 9.04. The van der Waals surface area contributed by atoms with Crippen molar-refractivity contribution in [1.82, 2.24) is 28.7 Å².